The number of para-hydroxylation sites is 2. The molecule has 1 aliphatic rings. The zero-order valence-electron chi connectivity index (χ0n) is 18.4. The Morgan fingerprint density at radius 2 is 1.91 bits per heavy atom. The van der Waals surface area contributed by atoms with E-state index < -0.39 is 0 Å². The second-order valence-electron chi connectivity index (χ2n) is 8.28. The molecule has 6 N–H and O–H groups in total. The monoisotopic (exact) mass is 444 g/mol. The van der Waals surface area contributed by atoms with Gasteiger partial charge in [-0.05, 0) is 24.1 Å². The van der Waals surface area contributed by atoms with Gasteiger partial charge in [-0.15, -0.1) is 0 Å². The van der Waals surface area contributed by atoms with Crippen molar-refractivity contribution in [1.82, 2.24) is 15.0 Å². The van der Waals surface area contributed by atoms with Crippen LogP contribution in [0.25, 0.3) is 27.5 Å². The maximum absolute atomic E-state index is 12.8. The lowest BCUT2D eigenvalue weighted by Crippen LogP contribution is -2.37. The number of hydrogen-bond acceptors (Lipinski definition) is 6. The van der Waals surface area contributed by atoms with Crippen molar-refractivity contribution in [3.8, 4) is 0 Å². The molecule has 0 bridgehead atoms. The average Bonchev–Trinajstić information content (AvgIpc) is 3.26. The molecule has 2 aromatic heterocycles. The van der Waals surface area contributed by atoms with Crippen molar-refractivity contribution in [1.29, 1.82) is 0 Å². The number of nitrogens with two attached hydrogens (primary N) is 2. The maximum atomic E-state index is 12.8. The Hall–Kier alpha value is -3.75. The molecule has 0 amide bonds. The molecule has 170 valence electrons. The third-order valence-electron chi connectivity index (χ3n) is 6.13. The van der Waals surface area contributed by atoms with Crippen LogP contribution < -0.4 is 21.9 Å². The number of fused-ring (bicyclic) bond motifs is 2. The maximum Gasteiger partial charge on any atom is 0.191 e. The van der Waals surface area contributed by atoms with Gasteiger partial charge < -0.3 is 30.3 Å². The minimum Gasteiger partial charge on any atom is -0.397 e. The van der Waals surface area contributed by atoms with Crippen LogP contribution in [0.4, 0.5) is 5.82 Å². The fourth-order valence-electron chi connectivity index (χ4n) is 4.37. The predicted molar refractivity (Wildman–Crippen MR) is 133 cm³/mol. The van der Waals surface area contributed by atoms with Crippen LogP contribution in [0.5, 0.6) is 0 Å². The van der Waals surface area contributed by atoms with E-state index in [1.165, 1.54) is 10.9 Å². The molecule has 0 radical (unpaired) electrons. The highest BCUT2D eigenvalue weighted by molar-refractivity contribution is 5.91. The summed E-state index contributed by atoms with van der Waals surface area (Å²) >= 11 is 0. The zero-order valence-corrected chi connectivity index (χ0v) is 18.4. The molecule has 1 saturated heterocycles. The third kappa shape index (κ3) is 4.30. The Balaban J connectivity index is 1.40. The van der Waals surface area contributed by atoms with Gasteiger partial charge in [0.05, 0.1) is 24.4 Å². The molecular weight excluding hydrogens is 416 g/mol. The second kappa shape index (κ2) is 9.01. The molecule has 3 heterocycles. The summed E-state index contributed by atoms with van der Waals surface area (Å²) in [7, 11) is 0. The van der Waals surface area contributed by atoms with Gasteiger partial charge in [0.2, 0.25) is 0 Å². The van der Waals surface area contributed by atoms with Crippen molar-refractivity contribution in [3.05, 3.63) is 82.3 Å². The first-order chi connectivity index (χ1) is 16.1. The minimum atomic E-state index is -0.0381. The molecular formula is C25H28N6O2. The van der Waals surface area contributed by atoms with Gasteiger partial charge >= 0.3 is 0 Å². The number of nitrogens with one attached hydrogen (secondary N) is 2. The Labute approximate surface area is 191 Å². The van der Waals surface area contributed by atoms with Crippen LogP contribution in [0.2, 0.25) is 0 Å². The molecule has 0 aliphatic carbocycles. The van der Waals surface area contributed by atoms with Gasteiger partial charge in [-0.2, -0.15) is 0 Å². The van der Waals surface area contributed by atoms with E-state index in [4.69, 9.17) is 16.3 Å². The van der Waals surface area contributed by atoms with Crippen LogP contribution in [0, 0.1) is 0 Å². The second-order valence-corrected chi connectivity index (χ2v) is 8.28. The number of hydrogen-bond donors (Lipinski definition) is 4. The molecule has 0 saturated carbocycles. The summed E-state index contributed by atoms with van der Waals surface area (Å²) < 4.78 is 5.43. The van der Waals surface area contributed by atoms with Gasteiger partial charge in [0, 0.05) is 60.0 Å². The highest BCUT2D eigenvalue weighted by atomic mass is 16.5. The molecule has 8 nitrogen and oxygen atoms in total. The fraction of sp³-hybridized carbons (Fsp3) is 0.240. The fourth-order valence-corrected chi connectivity index (χ4v) is 4.37. The van der Waals surface area contributed by atoms with E-state index in [-0.39, 0.29) is 5.43 Å². The van der Waals surface area contributed by atoms with Gasteiger partial charge in [0.1, 0.15) is 5.82 Å². The summed E-state index contributed by atoms with van der Waals surface area (Å²) in [6.45, 7) is 3.35. The first-order valence-electron chi connectivity index (χ1n) is 11.1. The molecule has 0 spiro atoms. The lowest BCUT2D eigenvalue weighted by molar-refractivity contribution is 0.122. The van der Waals surface area contributed by atoms with Crippen LogP contribution in [0.15, 0.2) is 65.7 Å². The number of rotatable bonds is 6. The number of aromatic nitrogens is 2. The number of ether oxygens (including phenoxy) is 1. The van der Waals surface area contributed by atoms with Crippen LogP contribution >= 0.6 is 0 Å². The lowest BCUT2D eigenvalue weighted by atomic mass is 10.1. The normalized spacial score (nSPS) is 14.8. The predicted octanol–water partition coefficient (Wildman–Crippen LogP) is 2.52. The van der Waals surface area contributed by atoms with Crippen molar-refractivity contribution < 1.29 is 4.74 Å². The number of nitrogens with zero attached hydrogens (tertiary/aromatic N) is 2. The number of H-pyrrole nitrogens is 2. The quantitative estimate of drug-likeness (QED) is 0.268. The summed E-state index contributed by atoms with van der Waals surface area (Å²) in [6.07, 6.45) is 4.52. The van der Waals surface area contributed by atoms with Gasteiger partial charge in [0.15, 0.2) is 5.43 Å². The third-order valence-corrected chi connectivity index (χ3v) is 6.13. The summed E-state index contributed by atoms with van der Waals surface area (Å²) in [6, 6.07) is 15.4. The van der Waals surface area contributed by atoms with E-state index in [0.29, 0.717) is 36.4 Å². The van der Waals surface area contributed by atoms with Gasteiger partial charge in [-0.3, -0.25) is 4.79 Å². The molecule has 2 aromatic carbocycles. The van der Waals surface area contributed by atoms with Crippen molar-refractivity contribution in [2.24, 2.45) is 11.6 Å². The highest BCUT2D eigenvalue weighted by Crippen LogP contribution is 2.23. The van der Waals surface area contributed by atoms with E-state index in [1.54, 1.807) is 17.3 Å². The van der Waals surface area contributed by atoms with Gasteiger partial charge in [-0.25, -0.2) is 5.84 Å². The molecule has 0 atom stereocenters. The van der Waals surface area contributed by atoms with Crippen LogP contribution in [-0.2, 0) is 11.2 Å². The molecule has 1 fully saturated rings. The smallest absolute Gasteiger partial charge is 0.191 e. The van der Waals surface area contributed by atoms with E-state index >= 15 is 0 Å². The molecule has 1 aliphatic heterocycles. The summed E-state index contributed by atoms with van der Waals surface area (Å²) in [5.41, 5.74) is 10.7. The molecule has 8 heteroatoms. The minimum absolute atomic E-state index is 0.0381. The topological polar surface area (TPSA) is 116 Å². The number of anilines is 1. The van der Waals surface area contributed by atoms with Crippen LogP contribution in [0.1, 0.15) is 11.1 Å². The van der Waals surface area contributed by atoms with Crippen molar-refractivity contribution in [3.63, 3.8) is 0 Å². The molecule has 4 aromatic rings. The molecule has 33 heavy (non-hydrogen) atoms. The number of morpholine rings is 1. The Morgan fingerprint density at radius 1 is 1.12 bits per heavy atom. The van der Waals surface area contributed by atoms with E-state index in [1.807, 2.05) is 36.5 Å². The van der Waals surface area contributed by atoms with E-state index in [0.717, 1.165) is 36.4 Å². The van der Waals surface area contributed by atoms with Gasteiger partial charge in [0.25, 0.3) is 0 Å². The first-order valence-corrected chi connectivity index (χ1v) is 11.1. The average molecular weight is 445 g/mol. The molecule has 5 rings (SSSR count). The summed E-state index contributed by atoms with van der Waals surface area (Å²) in [5.74, 6) is 7.04. The SMILES string of the molecule is N/C(=C\N(N)CCc1c[nH]c2ccccc12)c1cccc2c(=O)cc(N3CCOCC3)[nH]c12. The number of aromatic amines is 2. The van der Waals surface area contributed by atoms with Crippen molar-refractivity contribution >= 4 is 33.3 Å². The van der Waals surface area contributed by atoms with Crippen LogP contribution in [-0.4, -0.2) is 47.8 Å². The number of hydrazine groups is 1. The highest BCUT2D eigenvalue weighted by Gasteiger charge is 2.15. The van der Waals surface area contributed by atoms with Crippen molar-refractivity contribution in [2.45, 2.75) is 6.42 Å². The Morgan fingerprint density at radius 3 is 2.76 bits per heavy atom. The van der Waals surface area contributed by atoms with Crippen LogP contribution in [0.3, 0.4) is 0 Å². The Kier molecular flexibility index (Phi) is 5.77. The summed E-state index contributed by atoms with van der Waals surface area (Å²) in [5, 5.41) is 3.40. The Bertz CT molecular complexity index is 1370. The largest absolute Gasteiger partial charge is 0.397 e. The van der Waals surface area contributed by atoms with E-state index in [2.05, 4.69) is 27.0 Å². The van der Waals surface area contributed by atoms with Crippen molar-refractivity contribution in [2.75, 3.05) is 37.7 Å². The summed E-state index contributed by atoms with van der Waals surface area (Å²) in [4.78, 5) is 21.6. The lowest BCUT2D eigenvalue weighted by Gasteiger charge is -2.28. The molecule has 0 unspecified atom stereocenters. The van der Waals surface area contributed by atoms with E-state index in [9.17, 15) is 4.79 Å². The standard InChI is InChI=1S/C25H28N6O2/c26-21(16-31(27)9-8-17-15-28-22-7-2-1-4-18(17)22)19-5-3-6-20-23(32)14-24(29-25(19)20)30-10-12-33-13-11-30/h1-7,14-16,28H,8-13,26-27H2,(H,29,32)/b21-16-. The zero-order chi connectivity index (χ0) is 22.8. The number of benzene rings is 2. The van der Waals surface area contributed by atoms with Gasteiger partial charge in [-0.1, -0.05) is 30.3 Å². The number of pyridine rings is 1. The first kappa shape index (κ1) is 21.1.